The second-order valence-electron chi connectivity index (χ2n) is 8.41. The predicted molar refractivity (Wildman–Crippen MR) is 140 cm³/mol. The molecule has 2 heterocycles. The molecule has 9 heteroatoms. The molecule has 2 aromatic carbocycles. The van der Waals surface area contributed by atoms with E-state index < -0.39 is 5.97 Å². The fraction of sp³-hybridized carbons (Fsp3) is 0.259. The number of benzene rings is 2. The van der Waals surface area contributed by atoms with Crippen LogP contribution in [0.15, 0.2) is 48.5 Å². The summed E-state index contributed by atoms with van der Waals surface area (Å²) in [6.45, 7) is 2.19. The third kappa shape index (κ3) is 5.20. The Balaban J connectivity index is 1.34. The largest absolute Gasteiger partial charge is 0.465 e. The van der Waals surface area contributed by atoms with E-state index in [-0.39, 0.29) is 24.1 Å². The van der Waals surface area contributed by atoms with Crippen molar-refractivity contribution in [2.45, 2.75) is 32.6 Å². The molecular formula is C27H25ClN2O5S. The van der Waals surface area contributed by atoms with Crippen molar-refractivity contribution in [1.82, 2.24) is 4.90 Å². The number of imide groups is 1. The predicted octanol–water partition coefficient (Wildman–Crippen LogP) is 5.96. The molecule has 1 aromatic heterocycles. The van der Waals surface area contributed by atoms with E-state index in [2.05, 4.69) is 5.32 Å². The minimum atomic E-state index is -0.537. The van der Waals surface area contributed by atoms with Crippen molar-refractivity contribution in [2.24, 2.45) is 0 Å². The number of halogens is 1. The minimum absolute atomic E-state index is 0.222. The maximum Gasteiger partial charge on any atom is 0.341 e. The Morgan fingerprint density at radius 1 is 1.00 bits per heavy atom. The molecule has 1 aliphatic heterocycles. The highest BCUT2D eigenvalue weighted by Gasteiger charge is 2.34. The van der Waals surface area contributed by atoms with Crippen molar-refractivity contribution in [3.05, 3.63) is 75.1 Å². The molecule has 4 rings (SSSR count). The van der Waals surface area contributed by atoms with E-state index in [0.717, 1.165) is 10.4 Å². The van der Waals surface area contributed by atoms with Crippen molar-refractivity contribution in [2.75, 3.05) is 19.0 Å². The zero-order valence-corrected chi connectivity index (χ0v) is 21.5. The third-order valence-corrected chi connectivity index (χ3v) is 7.26. The standard InChI is InChI=1S/C27H25ClN2O5S/c1-16-22(17-9-8-10-18(28)15-17)23(27(34)35-2)24(36-16)29-21(31)13-4-3-7-14-30-25(32)19-11-5-6-12-20(19)26(30)33/h5-6,8-12,15H,3-4,7,13-14H2,1-2H3,(H,29,31). The number of amides is 3. The molecule has 0 aliphatic carbocycles. The van der Waals surface area contributed by atoms with Crippen LogP contribution in [0.3, 0.4) is 0 Å². The number of aryl methyl sites for hydroxylation is 1. The normalized spacial score (nSPS) is 12.6. The molecule has 7 nitrogen and oxygen atoms in total. The maximum absolute atomic E-state index is 12.7. The van der Waals surface area contributed by atoms with Crippen LogP contribution in [0.2, 0.25) is 5.02 Å². The summed E-state index contributed by atoms with van der Waals surface area (Å²) in [6, 6.07) is 14.0. The van der Waals surface area contributed by atoms with Crippen LogP contribution < -0.4 is 5.32 Å². The van der Waals surface area contributed by atoms with Gasteiger partial charge in [0, 0.05) is 28.4 Å². The second kappa shape index (κ2) is 11.1. The Kier molecular flexibility index (Phi) is 7.86. The minimum Gasteiger partial charge on any atom is -0.465 e. The van der Waals surface area contributed by atoms with E-state index in [1.54, 1.807) is 42.5 Å². The van der Waals surface area contributed by atoms with Crippen molar-refractivity contribution < 1.29 is 23.9 Å². The van der Waals surface area contributed by atoms with Gasteiger partial charge in [0.1, 0.15) is 10.6 Å². The highest BCUT2D eigenvalue weighted by Crippen LogP contribution is 2.41. The number of methoxy groups -OCH3 is 1. The summed E-state index contributed by atoms with van der Waals surface area (Å²) in [5.41, 5.74) is 2.63. The summed E-state index contributed by atoms with van der Waals surface area (Å²) in [7, 11) is 1.30. The molecule has 3 amide bonds. The van der Waals surface area contributed by atoms with Gasteiger partial charge in [-0.05, 0) is 49.6 Å². The van der Waals surface area contributed by atoms with Gasteiger partial charge in [-0.3, -0.25) is 19.3 Å². The molecule has 0 saturated carbocycles. The smallest absolute Gasteiger partial charge is 0.341 e. The molecule has 0 radical (unpaired) electrons. The number of hydrogen-bond acceptors (Lipinski definition) is 6. The number of rotatable bonds is 9. The molecule has 3 aromatic rings. The van der Waals surface area contributed by atoms with Crippen LogP contribution in [0.1, 0.15) is 61.6 Å². The quantitative estimate of drug-likeness (QED) is 0.212. The van der Waals surface area contributed by atoms with Gasteiger partial charge in [-0.15, -0.1) is 11.3 Å². The molecule has 0 fully saturated rings. The van der Waals surface area contributed by atoms with Gasteiger partial charge in [0.15, 0.2) is 0 Å². The fourth-order valence-electron chi connectivity index (χ4n) is 4.28. The third-order valence-electron chi connectivity index (χ3n) is 6.00. The maximum atomic E-state index is 12.7. The van der Waals surface area contributed by atoms with E-state index >= 15 is 0 Å². The second-order valence-corrected chi connectivity index (χ2v) is 10.1. The molecular weight excluding hydrogens is 500 g/mol. The summed E-state index contributed by atoms with van der Waals surface area (Å²) in [5.74, 6) is -1.30. The number of nitrogens with one attached hydrogen (secondary N) is 1. The molecule has 0 spiro atoms. The van der Waals surface area contributed by atoms with E-state index in [0.29, 0.717) is 58.1 Å². The highest BCUT2D eigenvalue weighted by atomic mass is 35.5. The van der Waals surface area contributed by atoms with Gasteiger partial charge in [0.2, 0.25) is 5.91 Å². The van der Waals surface area contributed by atoms with Crippen molar-refractivity contribution >= 4 is 51.6 Å². The number of thiophene rings is 1. The average Bonchev–Trinajstić information content (AvgIpc) is 3.31. The number of fused-ring (bicyclic) bond motifs is 1. The van der Waals surface area contributed by atoms with Crippen molar-refractivity contribution in [3.63, 3.8) is 0 Å². The fourth-order valence-corrected chi connectivity index (χ4v) is 5.56. The Morgan fingerprint density at radius 2 is 1.69 bits per heavy atom. The lowest BCUT2D eigenvalue weighted by molar-refractivity contribution is -0.116. The van der Waals surface area contributed by atoms with Crippen molar-refractivity contribution in [1.29, 1.82) is 0 Å². The van der Waals surface area contributed by atoms with Crippen LogP contribution in [0.4, 0.5) is 5.00 Å². The number of esters is 1. The highest BCUT2D eigenvalue weighted by molar-refractivity contribution is 7.17. The summed E-state index contributed by atoms with van der Waals surface area (Å²) in [5, 5.41) is 3.83. The average molecular weight is 525 g/mol. The first kappa shape index (κ1) is 25.6. The SMILES string of the molecule is COC(=O)c1c(NC(=O)CCCCCN2C(=O)c3ccccc3C2=O)sc(C)c1-c1cccc(Cl)c1. The van der Waals surface area contributed by atoms with Crippen molar-refractivity contribution in [3.8, 4) is 11.1 Å². The van der Waals surface area contributed by atoms with E-state index in [4.69, 9.17) is 16.3 Å². The summed E-state index contributed by atoms with van der Waals surface area (Å²) >= 11 is 7.46. The van der Waals surface area contributed by atoms with Gasteiger partial charge >= 0.3 is 5.97 Å². The number of hydrogen-bond donors (Lipinski definition) is 1. The molecule has 36 heavy (non-hydrogen) atoms. The van der Waals surface area contributed by atoms with Crippen LogP contribution in [0, 0.1) is 6.92 Å². The zero-order chi connectivity index (χ0) is 25.8. The van der Waals surface area contributed by atoms with Crippen LogP contribution in [0.5, 0.6) is 0 Å². The number of carbonyl (C=O) groups excluding carboxylic acids is 4. The molecule has 1 aliphatic rings. The summed E-state index contributed by atoms with van der Waals surface area (Å²) < 4.78 is 4.99. The lowest BCUT2D eigenvalue weighted by Gasteiger charge is -2.13. The van der Waals surface area contributed by atoms with Gasteiger partial charge in [0.05, 0.1) is 18.2 Å². The molecule has 186 valence electrons. The van der Waals surface area contributed by atoms with Crippen LogP contribution in [-0.2, 0) is 9.53 Å². The van der Waals surface area contributed by atoms with Gasteiger partial charge in [0.25, 0.3) is 11.8 Å². The van der Waals surface area contributed by atoms with Gasteiger partial charge in [-0.2, -0.15) is 0 Å². The Hall–Kier alpha value is -3.49. The number of ether oxygens (including phenoxy) is 1. The van der Waals surface area contributed by atoms with E-state index in [1.807, 2.05) is 13.0 Å². The Bertz CT molecular complexity index is 1310. The number of unbranched alkanes of at least 4 members (excludes halogenated alkanes) is 2. The monoisotopic (exact) mass is 524 g/mol. The van der Waals surface area contributed by atoms with Crippen LogP contribution >= 0.6 is 22.9 Å². The molecule has 0 atom stereocenters. The Labute approximate surface area is 218 Å². The molecule has 1 N–H and O–H groups in total. The lowest BCUT2D eigenvalue weighted by atomic mass is 10.0. The van der Waals surface area contributed by atoms with Gasteiger partial charge in [-0.1, -0.05) is 42.3 Å². The first-order chi connectivity index (χ1) is 17.3. The van der Waals surface area contributed by atoms with E-state index in [9.17, 15) is 19.2 Å². The van der Waals surface area contributed by atoms with Gasteiger partial charge < -0.3 is 10.1 Å². The topological polar surface area (TPSA) is 92.8 Å². The van der Waals surface area contributed by atoms with Crippen LogP contribution in [0.25, 0.3) is 11.1 Å². The summed E-state index contributed by atoms with van der Waals surface area (Å²) in [4.78, 5) is 52.3. The molecule has 0 bridgehead atoms. The zero-order valence-electron chi connectivity index (χ0n) is 19.9. The number of nitrogens with zero attached hydrogens (tertiary/aromatic N) is 1. The Morgan fingerprint density at radius 3 is 2.33 bits per heavy atom. The first-order valence-electron chi connectivity index (χ1n) is 11.5. The first-order valence-corrected chi connectivity index (χ1v) is 12.7. The number of anilines is 1. The summed E-state index contributed by atoms with van der Waals surface area (Å²) in [6.07, 6.45) is 2.09. The molecule has 0 saturated heterocycles. The lowest BCUT2D eigenvalue weighted by Crippen LogP contribution is -2.30. The molecule has 0 unspecified atom stereocenters. The van der Waals surface area contributed by atoms with Crippen LogP contribution in [-0.4, -0.2) is 42.2 Å². The number of carbonyl (C=O) groups is 4. The van der Waals surface area contributed by atoms with E-state index in [1.165, 1.54) is 23.3 Å². The van der Waals surface area contributed by atoms with Gasteiger partial charge in [-0.25, -0.2) is 4.79 Å².